The van der Waals surface area contributed by atoms with Crippen LogP contribution in [0.2, 0.25) is 0 Å². The Labute approximate surface area is 218 Å². The highest BCUT2D eigenvalue weighted by Crippen LogP contribution is 2.30. The molecule has 1 aliphatic heterocycles. The summed E-state index contributed by atoms with van der Waals surface area (Å²) in [6, 6.07) is 16.2. The number of hydrogen-bond acceptors (Lipinski definition) is 5. The minimum Gasteiger partial charge on any atom is -0.493 e. The van der Waals surface area contributed by atoms with Crippen LogP contribution in [0.4, 0.5) is 4.39 Å². The molecule has 3 aromatic carbocycles. The summed E-state index contributed by atoms with van der Waals surface area (Å²) in [5, 5.41) is 0.236. The van der Waals surface area contributed by atoms with Gasteiger partial charge in [0.15, 0.2) is 11.5 Å². The van der Waals surface area contributed by atoms with E-state index in [0.29, 0.717) is 33.7 Å². The predicted molar refractivity (Wildman–Crippen MR) is 142 cm³/mol. The van der Waals surface area contributed by atoms with E-state index in [-0.39, 0.29) is 24.4 Å². The fourth-order valence-corrected chi connectivity index (χ4v) is 4.87. The number of nitrogens with zero attached hydrogens (tertiary/aromatic N) is 3. The molecule has 0 aliphatic carbocycles. The zero-order chi connectivity index (χ0) is 26.8. The van der Waals surface area contributed by atoms with E-state index in [4.69, 9.17) is 9.47 Å². The van der Waals surface area contributed by atoms with Crippen LogP contribution in [0.3, 0.4) is 0 Å². The average Bonchev–Trinajstić information content (AvgIpc) is 3.49. The largest absolute Gasteiger partial charge is 0.493 e. The monoisotopic (exact) mass is 517 g/mol. The van der Waals surface area contributed by atoms with E-state index < -0.39 is 17.1 Å². The minimum atomic E-state index is -0.588. The SMILES string of the molecule is COc1cc2c(=O)n(Cc3ccc(C(=O)N4CCCC4)cc3)c(=O)n(Cc3ccccc3F)c2cc1OC. The van der Waals surface area contributed by atoms with Gasteiger partial charge in [-0.25, -0.2) is 9.18 Å². The molecular formula is C29H28FN3O5. The van der Waals surface area contributed by atoms with E-state index in [1.165, 1.54) is 30.9 Å². The molecule has 196 valence electrons. The Bertz CT molecular complexity index is 1620. The second-order valence-electron chi connectivity index (χ2n) is 9.27. The highest BCUT2D eigenvalue weighted by atomic mass is 19.1. The summed E-state index contributed by atoms with van der Waals surface area (Å²) in [5.74, 6) is 0.204. The molecule has 0 radical (unpaired) electrons. The molecule has 1 aliphatic rings. The van der Waals surface area contributed by atoms with Crippen molar-refractivity contribution in [2.45, 2.75) is 25.9 Å². The van der Waals surface area contributed by atoms with E-state index in [1.54, 1.807) is 48.5 Å². The lowest BCUT2D eigenvalue weighted by atomic mass is 10.1. The van der Waals surface area contributed by atoms with Crippen molar-refractivity contribution in [1.82, 2.24) is 14.0 Å². The topological polar surface area (TPSA) is 82.8 Å². The Morgan fingerprint density at radius 1 is 0.868 bits per heavy atom. The van der Waals surface area contributed by atoms with Crippen LogP contribution in [-0.2, 0) is 13.1 Å². The van der Waals surface area contributed by atoms with Crippen LogP contribution < -0.4 is 20.7 Å². The zero-order valence-corrected chi connectivity index (χ0v) is 21.3. The molecule has 38 heavy (non-hydrogen) atoms. The van der Waals surface area contributed by atoms with Crippen LogP contribution in [0.1, 0.15) is 34.3 Å². The molecule has 0 atom stereocenters. The smallest absolute Gasteiger partial charge is 0.332 e. The first kappa shape index (κ1) is 25.3. The lowest BCUT2D eigenvalue weighted by Crippen LogP contribution is -2.40. The number of carbonyl (C=O) groups excluding carboxylic acids is 1. The molecule has 0 saturated carbocycles. The summed E-state index contributed by atoms with van der Waals surface area (Å²) in [5.41, 5.74) is 0.766. The molecule has 0 spiro atoms. The number of aromatic nitrogens is 2. The quantitative estimate of drug-likeness (QED) is 0.374. The number of hydrogen-bond donors (Lipinski definition) is 0. The fraction of sp³-hybridized carbons (Fsp3) is 0.276. The van der Waals surface area contributed by atoms with Crippen molar-refractivity contribution < 1.29 is 18.7 Å². The third-order valence-corrected chi connectivity index (χ3v) is 6.95. The van der Waals surface area contributed by atoms with Crippen LogP contribution in [0, 0.1) is 5.82 Å². The molecule has 1 aromatic heterocycles. The number of likely N-dealkylation sites (tertiary alicyclic amines) is 1. The lowest BCUT2D eigenvalue weighted by Gasteiger charge is -2.17. The molecule has 1 fully saturated rings. The molecule has 0 bridgehead atoms. The van der Waals surface area contributed by atoms with Crippen molar-refractivity contribution in [3.8, 4) is 11.5 Å². The van der Waals surface area contributed by atoms with E-state index in [9.17, 15) is 18.8 Å². The normalized spacial score (nSPS) is 13.2. The first-order chi connectivity index (χ1) is 18.4. The van der Waals surface area contributed by atoms with Gasteiger partial charge in [-0.15, -0.1) is 0 Å². The number of ether oxygens (including phenoxy) is 2. The van der Waals surface area contributed by atoms with Crippen molar-refractivity contribution in [3.05, 3.63) is 104 Å². The Hall–Kier alpha value is -4.40. The molecule has 8 nitrogen and oxygen atoms in total. The van der Waals surface area contributed by atoms with Crippen LogP contribution in [0.25, 0.3) is 10.9 Å². The highest BCUT2D eigenvalue weighted by molar-refractivity contribution is 5.94. The third kappa shape index (κ3) is 4.67. The number of methoxy groups -OCH3 is 2. The van der Waals surface area contributed by atoms with Gasteiger partial charge in [0.1, 0.15) is 5.82 Å². The van der Waals surface area contributed by atoms with Gasteiger partial charge in [0.05, 0.1) is 38.2 Å². The standard InChI is InChI=1S/C29H28FN3O5/c1-37-25-15-22-24(16-26(25)38-2)32(18-21-7-3-4-8-23(21)30)29(36)33(28(22)35)17-19-9-11-20(12-10-19)27(34)31-13-5-6-14-31/h3-4,7-12,15-16H,5-6,13-14,17-18H2,1-2H3. The van der Waals surface area contributed by atoms with Crippen LogP contribution in [0.15, 0.2) is 70.3 Å². The number of halogens is 1. The number of amides is 1. The Morgan fingerprint density at radius 3 is 2.18 bits per heavy atom. The van der Waals surface area contributed by atoms with Gasteiger partial charge in [0, 0.05) is 30.3 Å². The molecule has 1 saturated heterocycles. The van der Waals surface area contributed by atoms with Gasteiger partial charge in [0.2, 0.25) is 0 Å². The van der Waals surface area contributed by atoms with Gasteiger partial charge >= 0.3 is 5.69 Å². The number of benzene rings is 3. The summed E-state index contributed by atoms with van der Waals surface area (Å²) in [6.07, 6.45) is 2.01. The minimum absolute atomic E-state index is 0.0165. The van der Waals surface area contributed by atoms with Gasteiger partial charge in [-0.05, 0) is 42.7 Å². The maximum Gasteiger partial charge on any atom is 0.332 e. The highest BCUT2D eigenvalue weighted by Gasteiger charge is 2.21. The second-order valence-corrected chi connectivity index (χ2v) is 9.27. The molecule has 9 heteroatoms. The Morgan fingerprint density at radius 2 is 1.53 bits per heavy atom. The maximum atomic E-state index is 14.6. The van der Waals surface area contributed by atoms with Crippen molar-refractivity contribution >= 4 is 16.8 Å². The number of fused-ring (bicyclic) bond motifs is 1. The van der Waals surface area contributed by atoms with Gasteiger partial charge in [0.25, 0.3) is 11.5 Å². The van der Waals surface area contributed by atoms with E-state index in [1.807, 2.05) is 4.90 Å². The molecule has 2 heterocycles. The number of carbonyl (C=O) groups is 1. The van der Waals surface area contributed by atoms with Crippen LogP contribution in [-0.4, -0.2) is 47.3 Å². The van der Waals surface area contributed by atoms with Crippen LogP contribution in [0.5, 0.6) is 11.5 Å². The van der Waals surface area contributed by atoms with Gasteiger partial charge in [-0.2, -0.15) is 0 Å². The predicted octanol–water partition coefficient (Wildman–Crippen LogP) is 3.65. The van der Waals surface area contributed by atoms with Crippen molar-refractivity contribution in [2.75, 3.05) is 27.3 Å². The van der Waals surface area contributed by atoms with E-state index >= 15 is 0 Å². The third-order valence-electron chi connectivity index (χ3n) is 6.95. The van der Waals surface area contributed by atoms with Crippen molar-refractivity contribution in [3.63, 3.8) is 0 Å². The molecule has 0 unspecified atom stereocenters. The Balaban J connectivity index is 1.60. The molecule has 5 rings (SSSR count). The van der Waals surface area contributed by atoms with E-state index in [2.05, 4.69) is 0 Å². The van der Waals surface area contributed by atoms with E-state index in [0.717, 1.165) is 30.5 Å². The first-order valence-corrected chi connectivity index (χ1v) is 12.4. The molecule has 4 aromatic rings. The summed E-state index contributed by atoms with van der Waals surface area (Å²) < 4.78 is 27.8. The average molecular weight is 518 g/mol. The van der Waals surface area contributed by atoms with Crippen LogP contribution >= 0.6 is 0 Å². The fourth-order valence-electron chi connectivity index (χ4n) is 4.87. The Kier molecular flexibility index (Phi) is 7.00. The van der Waals surface area contributed by atoms with Gasteiger partial charge in [-0.3, -0.25) is 18.7 Å². The van der Waals surface area contributed by atoms with Crippen molar-refractivity contribution in [2.24, 2.45) is 0 Å². The van der Waals surface area contributed by atoms with Gasteiger partial charge < -0.3 is 14.4 Å². The summed E-state index contributed by atoms with van der Waals surface area (Å²) in [7, 11) is 2.92. The van der Waals surface area contributed by atoms with Gasteiger partial charge in [-0.1, -0.05) is 30.3 Å². The summed E-state index contributed by atoms with van der Waals surface area (Å²) >= 11 is 0. The summed E-state index contributed by atoms with van der Waals surface area (Å²) in [6.45, 7) is 1.41. The zero-order valence-electron chi connectivity index (χ0n) is 21.3. The molecule has 1 amide bonds. The van der Waals surface area contributed by atoms with Crippen molar-refractivity contribution in [1.29, 1.82) is 0 Å². The molecular weight excluding hydrogens is 489 g/mol. The number of rotatable bonds is 7. The molecule has 0 N–H and O–H groups in total. The maximum absolute atomic E-state index is 14.6. The summed E-state index contributed by atoms with van der Waals surface area (Å²) in [4.78, 5) is 41.8. The lowest BCUT2D eigenvalue weighted by molar-refractivity contribution is 0.0793. The second kappa shape index (κ2) is 10.5. The first-order valence-electron chi connectivity index (χ1n) is 12.4.